The standard InChI is InChI=1S/C19H35N5/c1-15(2)23-9-11-24(12-10-23)19-20-13-17(14-21-19)16-5-7-18(8-6-16)22(3)4/h13,15-18H,5-12,14H2,1-4H3. The topological polar surface area (TPSA) is 34.4 Å². The van der Waals surface area contributed by atoms with Crippen molar-refractivity contribution in [3.8, 4) is 0 Å². The molecule has 1 saturated carbocycles. The van der Waals surface area contributed by atoms with Gasteiger partial charge in [-0.2, -0.15) is 0 Å². The third kappa shape index (κ3) is 4.17. The summed E-state index contributed by atoms with van der Waals surface area (Å²) < 4.78 is 0. The predicted octanol–water partition coefficient (Wildman–Crippen LogP) is 2.19. The van der Waals surface area contributed by atoms with Crippen molar-refractivity contribution in [1.29, 1.82) is 0 Å². The molecular weight excluding hydrogens is 298 g/mol. The number of aliphatic imine (C=N–C) groups is 2. The Kier molecular flexibility index (Phi) is 5.93. The van der Waals surface area contributed by atoms with Crippen LogP contribution in [0, 0.1) is 11.8 Å². The maximum atomic E-state index is 4.85. The summed E-state index contributed by atoms with van der Waals surface area (Å²) in [5.41, 5.74) is 0. The molecule has 2 aliphatic heterocycles. The first-order valence-electron chi connectivity index (χ1n) is 9.78. The molecule has 24 heavy (non-hydrogen) atoms. The monoisotopic (exact) mass is 333 g/mol. The second-order valence-corrected chi connectivity index (χ2v) is 8.23. The van der Waals surface area contributed by atoms with Crippen LogP contribution < -0.4 is 0 Å². The van der Waals surface area contributed by atoms with Gasteiger partial charge in [-0.3, -0.25) is 9.89 Å². The number of piperazine rings is 1. The highest BCUT2D eigenvalue weighted by Crippen LogP contribution is 2.32. The fourth-order valence-corrected chi connectivity index (χ4v) is 4.37. The third-order valence-corrected chi connectivity index (χ3v) is 6.23. The second-order valence-electron chi connectivity index (χ2n) is 8.23. The Morgan fingerprint density at radius 1 is 1.04 bits per heavy atom. The molecule has 0 amide bonds. The number of rotatable bonds is 3. The van der Waals surface area contributed by atoms with Gasteiger partial charge in [0.15, 0.2) is 0 Å². The van der Waals surface area contributed by atoms with Crippen LogP contribution in [0.5, 0.6) is 0 Å². The van der Waals surface area contributed by atoms with Gasteiger partial charge in [0.2, 0.25) is 5.96 Å². The van der Waals surface area contributed by atoms with Gasteiger partial charge in [-0.25, -0.2) is 4.99 Å². The van der Waals surface area contributed by atoms with Crippen LogP contribution in [0.15, 0.2) is 9.98 Å². The first-order valence-corrected chi connectivity index (χ1v) is 9.78. The van der Waals surface area contributed by atoms with Crippen LogP contribution in [0.2, 0.25) is 0 Å². The molecule has 1 unspecified atom stereocenters. The molecule has 0 spiro atoms. The molecule has 0 aromatic rings. The van der Waals surface area contributed by atoms with Crippen molar-refractivity contribution in [2.45, 2.75) is 51.6 Å². The average molecular weight is 334 g/mol. The maximum absolute atomic E-state index is 4.85. The van der Waals surface area contributed by atoms with Crippen LogP contribution in [0.3, 0.4) is 0 Å². The molecule has 0 N–H and O–H groups in total. The molecule has 136 valence electrons. The molecular formula is C19H35N5. The first kappa shape index (κ1) is 17.9. The van der Waals surface area contributed by atoms with E-state index in [9.17, 15) is 0 Å². The summed E-state index contributed by atoms with van der Waals surface area (Å²) in [6.45, 7) is 9.89. The molecule has 0 radical (unpaired) electrons. The van der Waals surface area contributed by atoms with Crippen LogP contribution in [-0.4, -0.2) is 85.8 Å². The quantitative estimate of drug-likeness (QED) is 0.794. The largest absolute Gasteiger partial charge is 0.339 e. The van der Waals surface area contributed by atoms with Crippen molar-refractivity contribution in [1.82, 2.24) is 14.7 Å². The van der Waals surface area contributed by atoms with Crippen LogP contribution in [0.4, 0.5) is 0 Å². The predicted molar refractivity (Wildman–Crippen MR) is 102 cm³/mol. The lowest BCUT2D eigenvalue weighted by molar-refractivity contribution is 0.147. The molecule has 2 heterocycles. The van der Waals surface area contributed by atoms with Gasteiger partial charge >= 0.3 is 0 Å². The molecule has 5 heteroatoms. The summed E-state index contributed by atoms with van der Waals surface area (Å²) >= 11 is 0. The molecule has 2 fully saturated rings. The van der Waals surface area contributed by atoms with E-state index in [-0.39, 0.29) is 0 Å². The summed E-state index contributed by atoms with van der Waals surface area (Å²) in [7, 11) is 4.42. The van der Waals surface area contributed by atoms with E-state index in [4.69, 9.17) is 9.98 Å². The number of hydrogen-bond acceptors (Lipinski definition) is 5. The Bertz CT molecular complexity index is 454. The normalized spacial score (nSPS) is 32.5. The van der Waals surface area contributed by atoms with E-state index in [1.807, 2.05) is 0 Å². The number of nitrogens with zero attached hydrogens (tertiary/aromatic N) is 5. The Hall–Kier alpha value is -0.940. The zero-order valence-corrected chi connectivity index (χ0v) is 16.0. The van der Waals surface area contributed by atoms with E-state index in [2.05, 4.69) is 48.9 Å². The summed E-state index contributed by atoms with van der Waals surface area (Å²) in [5.74, 6) is 2.33. The highest BCUT2D eigenvalue weighted by molar-refractivity contribution is 5.90. The zero-order chi connectivity index (χ0) is 17.1. The second kappa shape index (κ2) is 7.96. The Balaban J connectivity index is 1.46. The van der Waals surface area contributed by atoms with E-state index >= 15 is 0 Å². The van der Waals surface area contributed by atoms with Gasteiger partial charge in [-0.1, -0.05) is 0 Å². The molecule has 1 atom stereocenters. The van der Waals surface area contributed by atoms with E-state index in [0.29, 0.717) is 12.0 Å². The van der Waals surface area contributed by atoms with Crippen molar-refractivity contribution in [2.75, 3.05) is 46.8 Å². The summed E-state index contributed by atoms with van der Waals surface area (Å²) in [4.78, 5) is 16.9. The number of guanidine groups is 1. The Morgan fingerprint density at radius 2 is 1.71 bits per heavy atom. The first-order chi connectivity index (χ1) is 11.5. The Morgan fingerprint density at radius 3 is 2.21 bits per heavy atom. The van der Waals surface area contributed by atoms with Crippen LogP contribution >= 0.6 is 0 Å². The van der Waals surface area contributed by atoms with Gasteiger partial charge in [0.05, 0.1) is 6.54 Å². The fraction of sp³-hybridized carbons (Fsp3) is 0.895. The van der Waals surface area contributed by atoms with E-state index < -0.39 is 0 Å². The van der Waals surface area contributed by atoms with Gasteiger partial charge in [0.25, 0.3) is 0 Å². The smallest absolute Gasteiger partial charge is 0.220 e. The molecule has 5 nitrogen and oxygen atoms in total. The minimum absolute atomic E-state index is 0.564. The van der Waals surface area contributed by atoms with Gasteiger partial charge < -0.3 is 9.80 Å². The molecule has 0 aromatic carbocycles. The van der Waals surface area contributed by atoms with Gasteiger partial charge in [0.1, 0.15) is 0 Å². The van der Waals surface area contributed by atoms with E-state index in [1.54, 1.807) is 0 Å². The Labute approximate surface area is 147 Å². The molecule has 3 rings (SSSR count). The minimum Gasteiger partial charge on any atom is -0.339 e. The van der Waals surface area contributed by atoms with Crippen molar-refractivity contribution in [2.24, 2.45) is 21.8 Å². The zero-order valence-electron chi connectivity index (χ0n) is 16.0. The van der Waals surface area contributed by atoms with Crippen LogP contribution in [0.25, 0.3) is 0 Å². The summed E-state index contributed by atoms with van der Waals surface area (Å²) in [6, 6.07) is 1.42. The lowest BCUT2D eigenvalue weighted by atomic mass is 9.78. The van der Waals surface area contributed by atoms with Gasteiger partial charge in [-0.15, -0.1) is 0 Å². The minimum atomic E-state index is 0.564. The molecule has 1 saturated heterocycles. The van der Waals surface area contributed by atoms with Crippen molar-refractivity contribution < 1.29 is 0 Å². The molecule has 3 aliphatic rings. The van der Waals surface area contributed by atoms with Gasteiger partial charge in [-0.05, 0) is 59.5 Å². The number of hydrogen-bond donors (Lipinski definition) is 0. The third-order valence-electron chi connectivity index (χ3n) is 6.23. The fourth-order valence-electron chi connectivity index (χ4n) is 4.37. The summed E-state index contributed by atoms with van der Waals surface area (Å²) in [5, 5.41) is 0. The van der Waals surface area contributed by atoms with Gasteiger partial charge in [0, 0.05) is 50.4 Å². The van der Waals surface area contributed by atoms with E-state index in [0.717, 1.165) is 50.6 Å². The van der Waals surface area contributed by atoms with Crippen LogP contribution in [-0.2, 0) is 0 Å². The molecule has 1 aliphatic carbocycles. The highest BCUT2D eigenvalue weighted by Gasteiger charge is 2.29. The SMILES string of the molecule is CC(C)N1CCN(C2=NCC(C3CCC(N(C)C)CC3)C=N2)CC1. The summed E-state index contributed by atoms with van der Waals surface area (Å²) in [6.07, 6.45) is 7.54. The van der Waals surface area contributed by atoms with Crippen LogP contribution in [0.1, 0.15) is 39.5 Å². The lowest BCUT2D eigenvalue weighted by Gasteiger charge is -2.39. The van der Waals surface area contributed by atoms with E-state index in [1.165, 1.54) is 25.7 Å². The lowest BCUT2D eigenvalue weighted by Crippen LogP contribution is -2.51. The van der Waals surface area contributed by atoms with Crippen molar-refractivity contribution >= 4 is 12.2 Å². The highest BCUT2D eigenvalue weighted by atomic mass is 15.3. The molecule has 0 aromatic heterocycles. The maximum Gasteiger partial charge on any atom is 0.220 e. The van der Waals surface area contributed by atoms with Crippen molar-refractivity contribution in [3.63, 3.8) is 0 Å². The molecule has 0 bridgehead atoms. The average Bonchev–Trinajstić information content (AvgIpc) is 2.62. The van der Waals surface area contributed by atoms with Crippen molar-refractivity contribution in [3.05, 3.63) is 0 Å².